The molecule has 150 valence electrons. The highest BCUT2D eigenvalue weighted by atomic mass is 35.5. The van der Waals surface area contributed by atoms with Gasteiger partial charge in [-0.05, 0) is 54.5 Å². The third kappa shape index (κ3) is 3.45. The number of benzene rings is 2. The summed E-state index contributed by atoms with van der Waals surface area (Å²) in [7, 11) is 0. The number of likely N-dealkylation sites (tertiary alicyclic amines) is 1. The molecule has 1 aromatic heterocycles. The summed E-state index contributed by atoms with van der Waals surface area (Å²) in [6.07, 6.45) is 3.05. The predicted molar refractivity (Wildman–Crippen MR) is 115 cm³/mol. The number of nitrogens with two attached hydrogens (primary N) is 1. The van der Waals surface area contributed by atoms with Crippen LogP contribution in [0.4, 0.5) is 0 Å². The van der Waals surface area contributed by atoms with Gasteiger partial charge in [-0.3, -0.25) is 4.79 Å². The van der Waals surface area contributed by atoms with Gasteiger partial charge in [0.25, 0.3) is 5.91 Å². The number of hydrogen-bond acceptors (Lipinski definition) is 4. The fourth-order valence-corrected chi connectivity index (χ4v) is 4.37. The van der Waals surface area contributed by atoms with Gasteiger partial charge in [0.1, 0.15) is 5.58 Å². The monoisotopic (exact) mass is 410 g/mol. The molecule has 2 fully saturated rings. The van der Waals surface area contributed by atoms with Crippen molar-refractivity contribution in [1.82, 2.24) is 4.90 Å². The second-order valence-electron chi connectivity index (χ2n) is 8.03. The predicted octanol–water partition coefficient (Wildman–Crippen LogP) is 3.84. The fraction of sp³-hybridized carbons (Fsp3) is 0.304. The first kappa shape index (κ1) is 19.7. The zero-order valence-corrected chi connectivity index (χ0v) is 16.8. The Morgan fingerprint density at radius 3 is 2.52 bits per heavy atom. The molecule has 2 aromatic carbocycles. The minimum absolute atomic E-state index is 0. The van der Waals surface area contributed by atoms with E-state index in [9.17, 15) is 9.59 Å². The van der Waals surface area contributed by atoms with Gasteiger partial charge in [0.2, 0.25) is 0 Å². The van der Waals surface area contributed by atoms with Crippen LogP contribution in [-0.4, -0.2) is 29.9 Å². The molecule has 0 radical (unpaired) electrons. The normalized spacial score (nSPS) is 19.8. The third-order valence-electron chi connectivity index (χ3n) is 6.36. The summed E-state index contributed by atoms with van der Waals surface area (Å²) in [5.41, 5.74) is 8.27. The highest BCUT2D eigenvalue weighted by Gasteiger charge is 2.53. The first-order valence-corrected chi connectivity index (χ1v) is 9.74. The number of rotatable bonds is 2. The molecular weight excluding hydrogens is 388 g/mol. The average molecular weight is 411 g/mol. The molecule has 1 amide bonds. The summed E-state index contributed by atoms with van der Waals surface area (Å²) in [6.45, 7) is 1.49. The van der Waals surface area contributed by atoms with Gasteiger partial charge >= 0.3 is 5.63 Å². The van der Waals surface area contributed by atoms with Gasteiger partial charge in [-0.25, -0.2) is 4.79 Å². The van der Waals surface area contributed by atoms with Crippen molar-refractivity contribution in [2.45, 2.75) is 25.3 Å². The van der Waals surface area contributed by atoms with E-state index >= 15 is 0 Å². The zero-order valence-electron chi connectivity index (χ0n) is 16.0. The van der Waals surface area contributed by atoms with Crippen molar-refractivity contribution >= 4 is 29.3 Å². The number of piperidine rings is 1. The van der Waals surface area contributed by atoms with E-state index in [1.165, 1.54) is 0 Å². The Hall–Kier alpha value is -2.63. The van der Waals surface area contributed by atoms with Crippen LogP contribution in [0.2, 0.25) is 0 Å². The topological polar surface area (TPSA) is 76.5 Å². The van der Waals surface area contributed by atoms with Crippen LogP contribution >= 0.6 is 12.4 Å². The number of halogens is 1. The molecule has 2 aliphatic rings. The first-order chi connectivity index (χ1) is 13.6. The summed E-state index contributed by atoms with van der Waals surface area (Å²) in [6, 6.07) is 16.8. The van der Waals surface area contributed by atoms with Crippen molar-refractivity contribution in [3.63, 3.8) is 0 Å². The fourth-order valence-electron chi connectivity index (χ4n) is 4.37. The van der Waals surface area contributed by atoms with E-state index in [1.54, 1.807) is 12.1 Å². The number of fused-ring (bicyclic) bond motifs is 1. The zero-order chi connectivity index (χ0) is 19.3. The molecule has 1 saturated heterocycles. The lowest BCUT2D eigenvalue weighted by molar-refractivity contribution is 0.0675. The van der Waals surface area contributed by atoms with Crippen molar-refractivity contribution in [3.05, 3.63) is 70.6 Å². The Balaban J connectivity index is 0.00000205. The van der Waals surface area contributed by atoms with Crippen molar-refractivity contribution in [3.8, 4) is 11.1 Å². The van der Waals surface area contributed by atoms with Crippen LogP contribution in [0.5, 0.6) is 0 Å². The molecule has 5 rings (SSSR count). The Morgan fingerprint density at radius 2 is 1.79 bits per heavy atom. The van der Waals surface area contributed by atoms with Gasteiger partial charge in [-0.1, -0.05) is 30.3 Å². The molecular formula is C23H23ClN2O3. The molecule has 1 unspecified atom stereocenters. The molecule has 1 atom stereocenters. The summed E-state index contributed by atoms with van der Waals surface area (Å²) < 4.78 is 5.44. The standard InChI is InChI=1S/C23H22N2O3.ClH/c24-20-14-23(20)8-10-25(11-9-23)21(26)17-6-3-5-15(12-17)18-13-16-4-1-2-7-19(16)28-22(18)27;/h1-7,12-13,20H,8-11,14,24H2;1H. The van der Waals surface area contributed by atoms with Crippen LogP contribution in [0.1, 0.15) is 29.6 Å². The minimum atomic E-state index is -0.397. The largest absolute Gasteiger partial charge is 0.422 e. The van der Waals surface area contributed by atoms with E-state index in [2.05, 4.69) is 0 Å². The number of nitrogens with zero attached hydrogens (tertiary/aromatic N) is 1. The molecule has 1 saturated carbocycles. The van der Waals surface area contributed by atoms with Crippen molar-refractivity contribution in [2.24, 2.45) is 11.1 Å². The summed E-state index contributed by atoms with van der Waals surface area (Å²) in [4.78, 5) is 27.3. The maximum Gasteiger partial charge on any atom is 0.344 e. The molecule has 29 heavy (non-hydrogen) atoms. The van der Waals surface area contributed by atoms with Gasteiger partial charge in [0.05, 0.1) is 5.56 Å². The molecule has 2 N–H and O–H groups in total. The van der Waals surface area contributed by atoms with Crippen LogP contribution in [-0.2, 0) is 0 Å². The number of carbonyl (C=O) groups excluding carboxylic acids is 1. The van der Waals surface area contributed by atoms with Gasteiger partial charge in [0, 0.05) is 30.1 Å². The molecule has 1 aliphatic heterocycles. The Morgan fingerprint density at radius 1 is 1.07 bits per heavy atom. The molecule has 6 heteroatoms. The average Bonchev–Trinajstić information content (AvgIpc) is 3.35. The molecule has 1 spiro atoms. The molecule has 3 aromatic rings. The molecule has 1 aliphatic carbocycles. The van der Waals surface area contributed by atoms with Crippen LogP contribution < -0.4 is 11.4 Å². The molecule has 5 nitrogen and oxygen atoms in total. The second kappa shape index (κ2) is 7.32. The van der Waals surface area contributed by atoms with Crippen LogP contribution in [0.3, 0.4) is 0 Å². The van der Waals surface area contributed by atoms with Gasteiger partial charge in [-0.2, -0.15) is 0 Å². The van der Waals surface area contributed by atoms with Gasteiger partial charge in [0.15, 0.2) is 0 Å². The van der Waals surface area contributed by atoms with Gasteiger partial charge < -0.3 is 15.1 Å². The lowest BCUT2D eigenvalue weighted by atomic mass is 9.92. The number of amides is 1. The smallest absolute Gasteiger partial charge is 0.344 e. The maximum absolute atomic E-state index is 13.0. The summed E-state index contributed by atoms with van der Waals surface area (Å²) in [5, 5.41) is 0.857. The van der Waals surface area contributed by atoms with E-state index in [0.717, 1.165) is 37.7 Å². The molecule has 0 bridgehead atoms. The van der Waals surface area contributed by atoms with E-state index in [1.807, 2.05) is 47.4 Å². The SMILES string of the molecule is Cl.NC1CC12CCN(C(=O)c1cccc(-c3cc4ccccc4oc3=O)c1)CC2. The van der Waals surface area contributed by atoms with Crippen molar-refractivity contribution in [1.29, 1.82) is 0 Å². The Bertz CT molecular complexity index is 1130. The highest BCUT2D eigenvalue weighted by molar-refractivity contribution is 5.95. The van der Waals surface area contributed by atoms with Crippen molar-refractivity contribution in [2.75, 3.05) is 13.1 Å². The lowest BCUT2D eigenvalue weighted by Gasteiger charge is -2.32. The van der Waals surface area contributed by atoms with Crippen LogP contribution in [0.15, 0.2) is 63.8 Å². The third-order valence-corrected chi connectivity index (χ3v) is 6.36. The Labute approximate surface area is 174 Å². The second-order valence-corrected chi connectivity index (χ2v) is 8.03. The maximum atomic E-state index is 13.0. The number of carbonyl (C=O) groups is 1. The van der Waals surface area contributed by atoms with E-state index in [0.29, 0.717) is 28.3 Å². The Kier molecular flexibility index (Phi) is 4.97. The molecule has 2 heterocycles. The number of hydrogen-bond donors (Lipinski definition) is 1. The first-order valence-electron chi connectivity index (χ1n) is 9.74. The van der Waals surface area contributed by atoms with E-state index in [4.69, 9.17) is 10.2 Å². The minimum Gasteiger partial charge on any atom is -0.422 e. The highest BCUT2D eigenvalue weighted by Crippen LogP contribution is 2.52. The van der Waals surface area contributed by atoms with Gasteiger partial charge in [-0.15, -0.1) is 12.4 Å². The summed E-state index contributed by atoms with van der Waals surface area (Å²) >= 11 is 0. The number of para-hydroxylation sites is 1. The quantitative estimate of drug-likeness (QED) is 0.651. The van der Waals surface area contributed by atoms with E-state index < -0.39 is 5.63 Å². The van der Waals surface area contributed by atoms with Crippen molar-refractivity contribution < 1.29 is 9.21 Å². The lowest BCUT2D eigenvalue weighted by Crippen LogP contribution is -2.40. The summed E-state index contributed by atoms with van der Waals surface area (Å²) in [5.74, 6) is 0.0103. The van der Waals surface area contributed by atoms with Crippen LogP contribution in [0, 0.1) is 5.41 Å². The van der Waals surface area contributed by atoms with Crippen LogP contribution in [0.25, 0.3) is 22.1 Å². The van der Waals surface area contributed by atoms with E-state index in [-0.39, 0.29) is 23.7 Å².